The number of nitrogens with one attached hydrogen (secondary N) is 1. The van der Waals surface area contributed by atoms with Crippen molar-refractivity contribution in [2.45, 2.75) is 6.92 Å². The molecule has 0 saturated carbocycles. The number of hydrogen-bond donors (Lipinski definition) is 2. The Labute approximate surface area is 150 Å². The largest absolute Gasteiger partial charge is 0.493 e. The predicted octanol–water partition coefficient (Wildman–Crippen LogP) is 3.03. The van der Waals surface area contributed by atoms with E-state index < -0.39 is 5.97 Å². The van der Waals surface area contributed by atoms with Crippen molar-refractivity contribution in [3.8, 4) is 17.3 Å². The Morgan fingerprint density at radius 2 is 1.88 bits per heavy atom. The number of aromatic nitrogens is 3. The van der Waals surface area contributed by atoms with Gasteiger partial charge in [-0.3, -0.25) is 0 Å². The maximum atomic E-state index is 11.7. The van der Waals surface area contributed by atoms with E-state index >= 15 is 0 Å². The summed E-state index contributed by atoms with van der Waals surface area (Å²) >= 11 is 0. The van der Waals surface area contributed by atoms with E-state index in [4.69, 9.17) is 9.47 Å². The second kappa shape index (κ2) is 7.14. The summed E-state index contributed by atoms with van der Waals surface area (Å²) in [6.45, 7) is 1.84. The summed E-state index contributed by atoms with van der Waals surface area (Å²) in [5.41, 5.74) is 1.16. The van der Waals surface area contributed by atoms with Crippen molar-refractivity contribution in [2.75, 3.05) is 19.5 Å². The molecule has 3 aromatic rings. The molecule has 3 rings (SSSR count). The molecular weight excluding hydrogens is 336 g/mol. The predicted molar refractivity (Wildman–Crippen MR) is 95.9 cm³/mol. The van der Waals surface area contributed by atoms with Gasteiger partial charge in [-0.15, -0.1) is 0 Å². The fourth-order valence-electron chi connectivity index (χ4n) is 2.54. The van der Waals surface area contributed by atoms with Gasteiger partial charge in [0, 0.05) is 24.4 Å². The van der Waals surface area contributed by atoms with E-state index in [0.29, 0.717) is 28.8 Å². The average Bonchev–Trinajstić information content (AvgIpc) is 3.02. The molecule has 2 N–H and O–H groups in total. The third-order valence-electron chi connectivity index (χ3n) is 3.71. The molecular formula is C18H18N4O4. The molecule has 0 fully saturated rings. The molecule has 8 nitrogen and oxygen atoms in total. The molecule has 26 heavy (non-hydrogen) atoms. The van der Waals surface area contributed by atoms with E-state index in [2.05, 4.69) is 15.4 Å². The first-order chi connectivity index (χ1) is 12.5. The van der Waals surface area contributed by atoms with Crippen LogP contribution in [0.4, 0.5) is 11.5 Å². The molecule has 2 aromatic heterocycles. The van der Waals surface area contributed by atoms with Crippen molar-refractivity contribution in [2.24, 2.45) is 0 Å². The fourth-order valence-corrected chi connectivity index (χ4v) is 2.54. The molecule has 1 aromatic carbocycles. The lowest BCUT2D eigenvalue weighted by molar-refractivity contribution is 0.0697. The molecule has 0 unspecified atom stereocenters. The minimum atomic E-state index is -1.09. The van der Waals surface area contributed by atoms with E-state index in [-0.39, 0.29) is 5.56 Å². The lowest BCUT2D eigenvalue weighted by Crippen LogP contribution is -2.08. The number of nitrogens with zero attached hydrogens (tertiary/aromatic N) is 3. The summed E-state index contributed by atoms with van der Waals surface area (Å²) in [4.78, 5) is 16.0. The Kier molecular flexibility index (Phi) is 4.74. The van der Waals surface area contributed by atoms with Crippen LogP contribution in [0.15, 0.2) is 42.6 Å². The molecule has 0 aliphatic heterocycles. The van der Waals surface area contributed by atoms with Crippen LogP contribution in [0.1, 0.15) is 16.1 Å². The van der Waals surface area contributed by atoms with Gasteiger partial charge in [-0.25, -0.2) is 9.78 Å². The zero-order chi connectivity index (χ0) is 18.7. The van der Waals surface area contributed by atoms with E-state index in [1.807, 2.05) is 25.1 Å². The van der Waals surface area contributed by atoms with Crippen LogP contribution in [0.3, 0.4) is 0 Å². The number of aryl methyl sites for hydroxylation is 1. The molecule has 0 bridgehead atoms. The Bertz CT molecular complexity index is 938. The summed E-state index contributed by atoms with van der Waals surface area (Å²) in [7, 11) is 2.94. The molecule has 134 valence electrons. The molecule has 0 aliphatic carbocycles. The number of carboxylic acid groups (broad SMARTS) is 1. The van der Waals surface area contributed by atoms with Gasteiger partial charge in [-0.1, -0.05) is 6.07 Å². The molecule has 0 saturated heterocycles. The van der Waals surface area contributed by atoms with Crippen LogP contribution >= 0.6 is 0 Å². The van der Waals surface area contributed by atoms with Crippen LogP contribution in [0.5, 0.6) is 11.5 Å². The molecule has 0 aliphatic rings. The van der Waals surface area contributed by atoms with Gasteiger partial charge in [0.15, 0.2) is 17.3 Å². The third kappa shape index (κ3) is 3.30. The standard InChI is InChI=1S/C18H18N4O4/c1-11-8-17(22(21-11)16-6-4-5-7-19-16)20-13-10-15(26-3)14(25-2)9-12(13)18(23)24/h4-10,20H,1-3H3,(H,23,24). The number of carboxylic acids is 1. The van der Waals surface area contributed by atoms with Crippen LogP contribution in [0.2, 0.25) is 0 Å². The van der Waals surface area contributed by atoms with Gasteiger partial charge >= 0.3 is 5.97 Å². The first-order valence-corrected chi connectivity index (χ1v) is 7.78. The normalized spacial score (nSPS) is 10.4. The van der Waals surface area contributed by atoms with Crippen molar-refractivity contribution in [3.05, 3.63) is 53.9 Å². The van der Waals surface area contributed by atoms with Crippen LogP contribution in [-0.4, -0.2) is 40.1 Å². The highest BCUT2D eigenvalue weighted by molar-refractivity contribution is 5.96. The van der Waals surface area contributed by atoms with Crippen molar-refractivity contribution in [1.82, 2.24) is 14.8 Å². The number of ether oxygens (including phenoxy) is 2. The van der Waals surface area contributed by atoms with E-state index in [1.165, 1.54) is 20.3 Å². The van der Waals surface area contributed by atoms with Gasteiger partial charge in [0.25, 0.3) is 0 Å². The number of anilines is 2. The molecule has 0 atom stereocenters. The number of carbonyl (C=O) groups is 1. The molecule has 8 heteroatoms. The maximum absolute atomic E-state index is 11.7. The molecule has 0 amide bonds. The van der Waals surface area contributed by atoms with Gasteiger partial charge in [-0.2, -0.15) is 9.78 Å². The van der Waals surface area contributed by atoms with Crippen molar-refractivity contribution in [1.29, 1.82) is 0 Å². The number of methoxy groups -OCH3 is 2. The van der Waals surface area contributed by atoms with E-state index in [0.717, 1.165) is 5.69 Å². The topological polar surface area (TPSA) is 98.5 Å². The van der Waals surface area contributed by atoms with Gasteiger partial charge in [0.05, 0.1) is 31.2 Å². The number of aromatic carboxylic acids is 1. The van der Waals surface area contributed by atoms with Gasteiger partial charge in [-0.05, 0) is 19.1 Å². The van der Waals surface area contributed by atoms with E-state index in [1.54, 1.807) is 23.0 Å². The average molecular weight is 354 g/mol. The highest BCUT2D eigenvalue weighted by Gasteiger charge is 2.18. The van der Waals surface area contributed by atoms with Crippen LogP contribution < -0.4 is 14.8 Å². The zero-order valence-electron chi connectivity index (χ0n) is 14.6. The summed E-state index contributed by atoms with van der Waals surface area (Å²) in [6, 6.07) is 10.3. The minimum Gasteiger partial charge on any atom is -0.493 e. The number of hydrogen-bond acceptors (Lipinski definition) is 6. The van der Waals surface area contributed by atoms with Crippen molar-refractivity contribution >= 4 is 17.5 Å². The van der Waals surface area contributed by atoms with Crippen LogP contribution in [-0.2, 0) is 0 Å². The Morgan fingerprint density at radius 3 is 2.50 bits per heavy atom. The van der Waals surface area contributed by atoms with E-state index in [9.17, 15) is 9.90 Å². The lowest BCUT2D eigenvalue weighted by atomic mass is 10.1. The van der Waals surface area contributed by atoms with Crippen molar-refractivity contribution < 1.29 is 19.4 Å². The second-order valence-corrected chi connectivity index (χ2v) is 5.45. The highest BCUT2D eigenvalue weighted by atomic mass is 16.5. The second-order valence-electron chi connectivity index (χ2n) is 5.45. The maximum Gasteiger partial charge on any atom is 0.337 e. The molecule has 2 heterocycles. The summed E-state index contributed by atoms with van der Waals surface area (Å²) in [6.07, 6.45) is 1.66. The summed E-state index contributed by atoms with van der Waals surface area (Å²) < 4.78 is 12.1. The summed E-state index contributed by atoms with van der Waals surface area (Å²) in [5.74, 6) is 0.857. The number of rotatable bonds is 6. The van der Waals surface area contributed by atoms with Gasteiger partial charge in [0.1, 0.15) is 5.82 Å². The zero-order valence-corrected chi connectivity index (χ0v) is 14.6. The first-order valence-electron chi connectivity index (χ1n) is 7.78. The number of benzene rings is 1. The Balaban J connectivity index is 2.08. The quantitative estimate of drug-likeness (QED) is 0.702. The first kappa shape index (κ1) is 17.3. The smallest absolute Gasteiger partial charge is 0.337 e. The highest BCUT2D eigenvalue weighted by Crippen LogP contribution is 2.35. The molecule has 0 radical (unpaired) electrons. The van der Waals surface area contributed by atoms with Gasteiger partial charge in [0.2, 0.25) is 0 Å². The minimum absolute atomic E-state index is 0.0501. The third-order valence-corrected chi connectivity index (χ3v) is 3.71. The molecule has 0 spiro atoms. The summed E-state index contributed by atoms with van der Waals surface area (Å²) in [5, 5.41) is 17.1. The van der Waals surface area contributed by atoms with Crippen LogP contribution in [0, 0.1) is 6.92 Å². The Hall–Kier alpha value is -3.55. The lowest BCUT2D eigenvalue weighted by Gasteiger charge is -2.15. The SMILES string of the molecule is COc1cc(Nc2cc(C)nn2-c2ccccn2)c(C(=O)O)cc1OC. The monoisotopic (exact) mass is 354 g/mol. The fraction of sp³-hybridized carbons (Fsp3) is 0.167. The number of pyridine rings is 1. The van der Waals surface area contributed by atoms with Gasteiger partial charge < -0.3 is 19.9 Å². The van der Waals surface area contributed by atoms with Crippen LogP contribution in [0.25, 0.3) is 5.82 Å². The Morgan fingerprint density at radius 1 is 1.15 bits per heavy atom. The van der Waals surface area contributed by atoms with Crippen molar-refractivity contribution in [3.63, 3.8) is 0 Å².